The molecule has 0 spiro atoms. The maximum absolute atomic E-state index is 10.6. The zero-order valence-electron chi connectivity index (χ0n) is 7.96. The van der Waals surface area contributed by atoms with Gasteiger partial charge in [0, 0.05) is 6.07 Å². The summed E-state index contributed by atoms with van der Waals surface area (Å²) in [6.07, 6.45) is 0. The number of ether oxygens (including phenoxy) is 2. The zero-order valence-corrected chi connectivity index (χ0v) is 7.96. The predicted octanol–water partition coefficient (Wildman–Crippen LogP) is 0.940. The van der Waals surface area contributed by atoms with E-state index in [1.807, 2.05) is 0 Å². The Balaban J connectivity index is 2.56. The molecule has 6 heteroatoms. The van der Waals surface area contributed by atoms with Crippen molar-refractivity contribution in [2.24, 2.45) is 0 Å². The van der Waals surface area contributed by atoms with Crippen LogP contribution in [-0.2, 0) is 4.74 Å². The Morgan fingerprint density at radius 1 is 1.40 bits per heavy atom. The average molecular weight is 213 g/mol. The van der Waals surface area contributed by atoms with Crippen LogP contribution in [0.2, 0.25) is 0 Å². The number of nitro groups is 1. The number of hydrogen-bond acceptors (Lipinski definition) is 5. The monoisotopic (exact) mass is 213 g/mol. The molecule has 0 atom stereocenters. The van der Waals surface area contributed by atoms with Crippen molar-refractivity contribution in [1.82, 2.24) is 0 Å². The van der Waals surface area contributed by atoms with Crippen LogP contribution in [0.5, 0.6) is 5.75 Å². The Morgan fingerprint density at radius 3 is 2.80 bits per heavy atom. The minimum atomic E-state index is -0.526. The van der Waals surface area contributed by atoms with E-state index in [0.29, 0.717) is 0 Å². The number of para-hydroxylation sites is 2. The highest BCUT2D eigenvalue weighted by molar-refractivity contribution is 5.45. The third kappa shape index (κ3) is 3.53. The summed E-state index contributed by atoms with van der Waals surface area (Å²) in [5, 5.41) is 19.0. The molecule has 1 N–H and O–H groups in total. The third-order valence-corrected chi connectivity index (χ3v) is 1.60. The zero-order chi connectivity index (χ0) is 11.1. The summed E-state index contributed by atoms with van der Waals surface area (Å²) in [4.78, 5) is 10.0. The fourth-order valence-electron chi connectivity index (χ4n) is 0.959. The molecule has 1 rings (SSSR count). The van der Waals surface area contributed by atoms with Gasteiger partial charge in [-0.25, -0.2) is 0 Å². The van der Waals surface area contributed by atoms with Gasteiger partial charge in [0.25, 0.3) is 0 Å². The molecule has 0 aliphatic heterocycles. The highest BCUT2D eigenvalue weighted by Crippen LogP contribution is 2.25. The Morgan fingerprint density at radius 2 is 2.13 bits per heavy atom. The first-order valence-electron chi connectivity index (χ1n) is 4.30. The summed E-state index contributed by atoms with van der Waals surface area (Å²) in [7, 11) is 0. The van der Waals surface area contributed by atoms with Gasteiger partial charge < -0.3 is 14.6 Å². The number of nitro benzene ring substituents is 1. The minimum absolute atomic E-state index is 0.106. The van der Waals surface area contributed by atoms with E-state index in [0.717, 1.165) is 0 Å². The van der Waals surface area contributed by atoms with Gasteiger partial charge in [-0.05, 0) is 6.07 Å². The van der Waals surface area contributed by atoms with Gasteiger partial charge in [0.1, 0.15) is 0 Å². The number of rotatable bonds is 6. The van der Waals surface area contributed by atoms with Crippen LogP contribution in [0.25, 0.3) is 0 Å². The van der Waals surface area contributed by atoms with Gasteiger partial charge in [0.2, 0.25) is 0 Å². The highest BCUT2D eigenvalue weighted by Gasteiger charge is 2.12. The molecule has 0 unspecified atom stereocenters. The average Bonchev–Trinajstić information content (AvgIpc) is 2.25. The van der Waals surface area contributed by atoms with E-state index in [1.165, 1.54) is 12.1 Å². The molecule has 6 nitrogen and oxygen atoms in total. The lowest BCUT2D eigenvalue weighted by Gasteiger charge is -2.06. The highest BCUT2D eigenvalue weighted by atomic mass is 16.7. The second-order valence-electron chi connectivity index (χ2n) is 2.62. The normalized spacial score (nSPS) is 9.93. The third-order valence-electron chi connectivity index (χ3n) is 1.60. The van der Waals surface area contributed by atoms with E-state index in [-0.39, 0.29) is 31.4 Å². The van der Waals surface area contributed by atoms with Crippen molar-refractivity contribution in [3.8, 4) is 5.75 Å². The van der Waals surface area contributed by atoms with Gasteiger partial charge in [-0.1, -0.05) is 12.1 Å². The summed E-state index contributed by atoms with van der Waals surface area (Å²) in [6, 6.07) is 6.02. The first kappa shape index (κ1) is 11.4. The van der Waals surface area contributed by atoms with Crippen LogP contribution in [0.15, 0.2) is 24.3 Å². The SMILES string of the molecule is O=[N+]([O-])c1ccccc1OCOCCO. The molecule has 1 aromatic carbocycles. The standard InChI is InChI=1S/C9H11NO5/c11-5-6-14-7-15-9-4-2-1-3-8(9)10(12)13/h1-4,11H,5-7H2. The Hall–Kier alpha value is -1.66. The predicted molar refractivity (Wildman–Crippen MR) is 51.6 cm³/mol. The van der Waals surface area contributed by atoms with Crippen LogP contribution in [0.1, 0.15) is 0 Å². The topological polar surface area (TPSA) is 81.8 Å². The lowest BCUT2D eigenvalue weighted by atomic mass is 10.3. The number of benzene rings is 1. The van der Waals surface area contributed by atoms with E-state index in [2.05, 4.69) is 0 Å². The van der Waals surface area contributed by atoms with Crippen LogP contribution in [0.4, 0.5) is 5.69 Å². The summed E-state index contributed by atoms with van der Waals surface area (Å²) < 4.78 is 9.85. The number of aliphatic hydroxyl groups is 1. The van der Waals surface area contributed by atoms with Crippen LogP contribution in [-0.4, -0.2) is 30.0 Å². The van der Waals surface area contributed by atoms with Crippen LogP contribution in [0, 0.1) is 10.1 Å². The molecular formula is C9H11NO5. The van der Waals surface area contributed by atoms with Crippen molar-refractivity contribution in [2.75, 3.05) is 20.0 Å². The van der Waals surface area contributed by atoms with Crippen molar-refractivity contribution in [2.45, 2.75) is 0 Å². The smallest absolute Gasteiger partial charge is 0.311 e. The Kier molecular flexibility index (Phi) is 4.52. The fraction of sp³-hybridized carbons (Fsp3) is 0.333. The van der Waals surface area contributed by atoms with Gasteiger partial charge in [0.05, 0.1) is 18.1 Å². The molecule has 0 aliphatic rings. The minimum Gasteiger partial charge on any atom is -0.460 e. The van der Waals surface area contributed by atoms with Crippen LogP contribution in [0.3, 0.4) is 0 Å². The number of nitrogens with zero attached hydrogens (tertiary/aromatic N) is 1. The van der Waals surface area contributed by atoms with Crippen LogP contribution >= 0.6 is 0 Å². The van der Waals surface area contributed by atoms with Gasteiger partial charge in [-0.15, -0.1) is 0 Å². The molecule has 0 radical (unpaired) electrons. The Bertz CT molecular complexity index is 328. The van der Waals surface area contributed by atoms with Crippen molar-refractivity contribution in [1.29, 1.82) is 0 Å². The molecule has 0 amide bonds. The van der Waals surface area contributed by atoms with E-state index in [9.17, 15) is 10.1 Å². The first-order chi connectivity index (χ1) is 7.25. The molecule has 82 valence electrons. The molecule has 0 bridgehead atoms. The van der Waals surface area contributed by atoms with E-state index < -0.39 is 4.92 Å². The van der Waals surface area contributed by atoms with Gasteiger partial charge in [0.15, 0.2) is 12.5 Å². The van der Waals surface area contributed by atoms with E-state index in [1.54, 1.807) is 12.1 Å². The quantitative estimate of drug-likeness (QED) is 0.329. The van der Waals surface area contributed by atoms with Crippen molar-refractivity contribution in [3.63, 3.8) is 0 Å². The second kappa shape index (κ2) is 5.94. The van der Waals surface area contributed by atoms with Crippen LogP contribution < -0.4 is 4.74 Å². The lowest BCUT2D eigenvalue weighted by Crippen LogP contribution is -2.07. The summed E-state index contributed by atoms with van der Waals surface area (Å²) >= 11 is 0. The molecule has 15 heavy (non-hydrogen) atoms. The fourth-order valence-corrected chi connectivity index (χ4v) is 0.959. The van der Waals surface area contributed by atoms with E-state index >= 15 is 0 Å². The maximum Gasteiger partial charge on any atom is 0.311 e. The second-order valence-corrected chi connectivity index (χ2v) is 2.62. The molecule has 0 aliphatic carbocycles. The number of aliphatic hydroxyl groups excluding tert-OH is 1. The Labute approximate surface area is 86.2 Å². The molecule has 0 saturated heterocycles. The van der Waals surface area contributed by atoms with Crippen molar-refractivity contribution < 1.29 is 19.5 Å². The van der Waals surface area contributed by atoms with E-state index in [4.69, 9.17) is 14.6 Å². The lowest BCUT2D eigenvalue weighted by molar-refractivity contribution is -0.386. The molecule has 0 saturated carbocycles. The number of hydrogen-bond donors (Lipinski definition) is 1. The van der Waals surface area contributed by atoms with Gasteiger partial charge in [-0.3, -0.25) is 10.1 Å². The summed E-state index contributed by atoms with van der Waals surface area (Å²) in [5.41, 5.74) is -0.106. The molecular weight excluding hydrogens is 202 g/mol. The molecule has 0 aromatic heterocycles. The summed E-state index contributed by atoms with van der Waals surface area (Å²) in [5.74, 6) is 0.153. The maximum atomic E-state index is 10.6. The van der Waals surface area contributed by atoms with Crippen molar-refractivity contribution in [3.05, 3.63) is 34.4 Å². The molecule has 1 aromatic rings. The van der Waals surface area contributed by atoms with Gasteiger partial charge in [-0.2, -0.15) is 0 Å². The summed E-state index contributed by atoms with van der Waals surface area (Å²) in [6.45, 7) is -0.0910. The van der Waals surface area contributed by atoms with Crippen molar-refractivity contribution >= 4 is 5.69 Å². The molecule has 0 fully saturated rings. The largest absolute Gasteiger partial charge is 0.460 e. The first-order valence-corrected chi connectivity index (χ1v) is 4.30. The molecule has 0 heterocycles. The van der Waals surface area contributed by atoms with Gasteiger partial charge >= 0.3 is 5.69 Å².